The monoisotopic (exact) mass is 525 g/mol. The van der Waals surface area contributed by atoms with Crippen molar-refractivity contribution >= 4 is 45.6 Å². The van der Waals surface area contributed by atoms with E-state index in [4.69, 9.17) is 21.1 Å². The number of anilines is 3. The third-order valence-electron chi connectivity index (χ3n) is 6.95. The van der Waals surface area contributed by atoms with Crippen LogP contribution in [0.15, 0.2) is 48.8 Å². The number of ether oxygens (including phenoxy) is 2. The molecule has 37 heavy (non-hydrogen) atoms. The van der Waals surface area contributed by atoms with Crippen LogP contribution in [0.1, 0.15) is 19.3 Å². The minimum atomic E-state index is -0.505. The quantitative estimate of drug-likeness (QED) is 0.411. The van der Waals surface area contributed by atoms with Crippen LogP contribution in [0.4, 0.5) is 21.6 Å². The zero-order valence-corrected chi connectivity index (χ0v) is 21.3. The molecule has 2 heterocycles. The van der Waals surface area contributed by atoms with E-state index in [1.54, 1.807) is 24.3 Å². The minimum absolute atomic E-state index is 0.000856. The van der Waals surface area contributed by atoms with Gasteiger partial charge in [-0.25, -0.2) is 14.4 Å². The van der Waals surface area contributed by atoms with Gasteiger partial charge in [-0.15, -0.1) is 0 Å². The Morgan fingerprint density at radius 1 is 1.30 bits per heavy atom. The van der Waals surface area contributed by atoms with Crippen molar-refractivity contribution in [2.75, 3.05) is 44.0 Å². The Hall–Kier alpha value is -3.27. The lowest BCUT2D eigenvalue weighted by Crippen LogP contribution is -2.38. The van der Waals surface area contributed by atoms with E-state index in [0.717, 1.165) is 19.8 Å². The van der Waals surface area contributed by atoms with Crippen LogP contribution >= 0.6 is 11.6 Å². The number of carbonyl (C=O) groups excluding carboxylic acids is 1. The number of halogens is 2. The van der Waals surface area contributed by atoms with Gasteiger partial charge in [0.1, 0.15) is 23.7 Å². The number of hydrogen-bond acceptors (Lipinski definition) is 7. The van der Waals surface area contributed by atoms with Crippen LogP contribution in [0.2, 0.25) is 5.02 Å². The number of fused-ring (bicyclic) bond motifs is 2. The van der Waals surface area contributed by atoms with Crippen molar-refractivity contribution < 1.29 is 18.7 Å². The van der Waals surface area contributed by atoms with Gasteiger partial charge in [0.05, 0.1) is 36.6 Å². The summed E-state index contributed by atoms with van der Waals surface area (Å²) in [5.41, 5.74) is 1.67. The number of amides is 1. The fourth-order valence-corrected chi connectivity index (χ4v) is 5.31. The van der Waals surface area contributed by atoms with E-state index in [1.165, 1.54) is 44.8 Å². The lowest BCUT2D eigenvalue weighted by molar-refractivity contribution is -0.111. The van der Waals surface area contributed by atoms with Crippen molar-refractivity contribution in [1.29, 1.82) is 0 Å². The number of nitrogens with zero attached hydrogens (tertiary/aromatic N) is 3. The summed E-state index contributed by atoms with van der Waals surface area (Å²) >= 11 is 5.92. The minimum Gasteiger partial charge on any atom is -0.494 e. The second-order valence-corrected chi connectivity index (χ2v) is 9.67. The van der Waals surface area contributed by atoms with E-state index in [1.807, 2.05) is 6.08 Å². The summed E-state index contributed by atoms with van der Waals surface area (Å²) in [5, 5.41) is 6.70. The highest BCUT2D eigenvalue weighted by atomic mass is 35.5. The number of methoxy groups -OCH3 is 1. The molecule has 2 aliphatic rings. The maximum atomic E-state index is 13.6. The molecule has 10 heteroatoms. The predicted octanol–water partition coefficient (Wildman–Crippen LogP) is 5.17. The van der Waals surface area contributed by atoms with Gasteiger partial charge < -0.3 is 20.1 Å². The first-order valence-electron chi connectivity index (χ1n) is 12.4. The molecule has 2 aromatic carbocycles. The number of carbonyl (C=O) groups is 1. The summed E-state index contributed by atoms with van der Waals surface area (Å²) < 4.78 is 24.8. The molecule has 2 N–H and O–H groups in total. The van der Waals surface area contributed by atoms with Crippen LogP contribution in [0.3, 0.4) is 0 Å². The molecule has 5 rings (SSSR count). The van der Waals surface area contributed by atoms with Crippen LogP contribution < -0.4 is 15.4 Å². The smallest absolute Gasteiger partial charge is 0.248 e. The highest BCUT2D eigenvalue weighted by molar-refractivity contribution is 6.31. The Labute approximate surface area is 219 Å². The Morgan fingerprint density at radius 2 is 2.19 bits per heavy atom. The van der Waals surface area contributed by atoms with E-state index < -0.39 is 5.82 Å². The first-order chi connectivity index (χ1) is 18.0. The van der Waals surface area contributed by atoms with Gasteiger partial charge in [-0.05, 0) is 43.0 Å². The fourth-order valence-electron chi connectivity index (χ4n) is 5.13. The van der Waals surface area contributed by atoms with Crippen LogP contribution in [0.5, 0.6) is 5.75 Å². The molecule has 1 amide bonds. The van der Waals surface area contributed by atoms with Gasteiger partial charge in [-0.2, -0.15) is 0 Å². The SMILES string of the molecule is COc1cc2ncnc(Nc3ccc(F)c(Cl)c3)c2cc1NC(=O)/C=C/CN1CCOCC2CCCC21. The highest BCUT2D eigenvalue weighted by Gasteiger charge is 2.33. The molecule has 3 aromatic rings. The standard InChI is InChI=1S/C27H29ClFN5O3/c1-36-25-14-22-19(27(31-16-30-22)32-18-7-8-21(29)20(28)12-18)13-23(25)33-26(35)6-3-9-34-10-11-37-15-17-4-2-5-24(17)34/h3,6-8,12-14,16-17,24H,2,4-5,9-11,15H2,1H3,(H,33,35)(H,30,31,32)/b6-3+. The molecule has 2 unspecified atom stereocenters. The van der Waals surface area contributed by atoms with Gasteiger partial charge in [-0.3, -0.25) is 9.69 Å². The molecule has 194 valence electrons. The van der Waals surface area contributed by atoms with Crippen LogP contribution in [0, 0.1) is 11.7 Å². The zero-order chi connectivity index (χ0) is 25.8. The van der Waals surface area contributed by atoms with Crippen LogP contribution in [-0.2, 0) is 9.53 Å². The molecule has 1 aromatic heterocycles. The number of rotatable bonds is 7. The molecule has 0 radical (unpaired) electrons. The van der Waals surface area contributed by atoms with E-state index in [2.05, 4.69) is 25.5 Å². The van der Waals surface area contributed by atoms with Gasteiger partial charge in [-0.1, -0.05) is 24.1 Å². The van der Waals surface area contributed by atoms with E-state index in [0.29, 0.717) is 52.3 Å². The molecular formula is C27H29ClFN5O3. The lowest BCUT2D eigenvalue weighted by Gasteiger charge is -2.28. The number of benzene rings is 2. The van der Waals surface area contributed by atoms with Crippen molar-refractivity contribution in [3.63, 3.8) is 0 Å². The highest BCUT2D eigenvalue weighted by Crippen LogP contribution is 2.34. The summed E-state index contributed by atoms with van der Waals surface area (Å²) in [4.78, 5) is 23.9. The van der Waals surface area contributed by atoms with Gasteiger partial charge in [0.25, 0.3) is 0 Å². The van der Waals surface area contributed by atoms with Crippen molar-refractivity contribution in [2.24, 2.45) is 5.92 Å². The van der Waals surface area contributed by atoms with Crippen molar-refractivity contribution in [3.8, 4) is 5.75 Å². The molecule has 1 aliphatic carbocycles. The second-order valence-electron chi connectivity index (χ2n) is 9.27. The first-order valence-corrected chi connectivity index (χ1v) is 12.7. The lowest BCUT2D eigenvalue weighted by atomic mass is 10.0. The molecule has 2 atom stereocenters. The summed E-state index contributed by atoms with van der Waals surface area (Å²) in [7, 11) is 1.53. The molecule has 2 fully saturated rings. The Balaban J connectivity index is 1.32. The van der Waals surface area contributed by atoms with Crippen molar-refractivity contribution in [1.82, 2.24) is 14.9 Å². The van der Waals surface area contributed by atoms with Gasteiger partial charge >= 0.3 is 0 Å². The molecule has 0 spiro atoms. The summed E-state index contributed by atoms with van der Waals surface area (Å²) in [6.07, 6.45) is 8.50. The molecule has 1 saturated heterocycles. The largest absolute Gasteiger partial charge is 0.494 e. The van der Waals surface area contributed by atoms with E-state index in [9.17, 15) is 9.18 Å². The average Bonchev–Trinajstić information content (AvgIpc) is 3.27. The third kappa shape index (κ3) is 5.84. The van der Waals surface area contributed by atoms with Crippen molar-refractivity contribution in [3.05, 3.63) is 59.7 Å². The van der Waals surface area contributed by atoms with Crippen molar-refractivity contribution in [2.45, 2.75) is 25.3 Å². The normalized spacial score (nSPS) is 20.1. The van der Waals surface area contributed by atoms with Gasteiger partial charge in [0.15, 0.2) is 0 Å². The van der Waals surface area contributed by atoms with Gasteiger partial charge in [0.2, 0.25) is 5.91 Å². The van der Waals surface area contributed by atoms with E-state index in [-0.39, 0.29) is 10.9 Å². The summed E-state index contributed by atoms with van der Waals surface area (Å²) in [6, 6.07) is 8.33. The first kappa shape index (κ1) is 25.4. The number of aromatic nitrogens is 2. The Kier molecular flexibility index (Phi) is 7.83. The van der Waals surface area contributed by atoms with Crippen LogP contribution in [0.25, 0.3) is 10.9 Å². The fraction of sp³-hybridized carbons (Fsp3) is 0.370. The second kappa shape index (κ2) is 11.4. The summed E-state index contributed by atoms with van der Waals surface area (Å²) in [5.74, 6) is 0.777. The maximum absolute atomic E-state index is 13.6. The zero-order valence-electron chi connectivity index (χ0n) is 20.5. The van der Waals surface area contributed by atoms with E-state index >= 15 is 0 Å². The topological polar surface area (TPSA) is 88.6 Å². The summed E-state index contributed by atoms with van der Waals surface area (Å²) in [6.45, 7) is 3.14. The van der Waals surface area contributed by atoms with Crippen LogP contribution in [-0.4, -0.2) is 60.2 Å². The predicted molar refractivity (Wildman–Crippen MR) is 142 cm³/mol. The Morgan fingerprint density at radius 3 is 3.03 bits per heavy atom. The number of nitrogens with one attached hydrogen (secondary N) is 2. The Bertz CT molecular complexity index is 1320. The number of hydrogen-bond donors (Lipinski definition) is 2. The molecule has 1 saturated carbocycles. The molecule has 8 nitrogen and oxygen atoms in total. The van der Waals surface area contributed by atoms with Gasteiger partial charge in [0, 0.05) is 42.3 Å². The average molecular weight is 526 g/mol. The maximum Gasteiger partial charge on any atom is 0.248 e. The molecule has 0 bridgehead atoms. The molecular weight excluding hydrogens is 497 g/mol. The molecule has 1 aliphatic heterocycles. The third-order valence-corrected chi connectivity index (χ3v) is 7.24.